The van der Waals surface area contributed by atoms with Gasteiger partial charge in [-0.05, 0) is 51.1 Å². The van der Waals surface area contributed by atoms with Gasteiger partial charge in [-0.25, -0.2) is 0 Å². The Balaban J connectivity index is 1.96. The second kappa shape index (κ2) is 6.40. The largest absolute Gasteiger partial charge is 0.299 e. The highest BCUT2D eigenvalue weighted by Gasteiger charge is 2.34. The molecule has 2 rings (SSSR count). The average Bonchev–Trinajstić information content (AvgIpc) is 2.40. The molecule has 2 aliphatic rings. The fourth-order valence-corrected chi connectivity index (χ4v) is 3.71. The zero-order chi connectivity index (χ0) is 12.1. The van der Waals surface area contributed by atoms with Crippen molar-refractivity contribution in [1.29, 1.82) is 5.26 Å². The molecule has 2 nitrogen and oxygen atoms in total. The molecule has 2 fully saturated rings. The van der Waals surface area contributed by atoms with Gasteiger partial charge in [-0.1, -0.05) is 26.2 Å². The van der Waals surface area contributed by atoms with Crippen LogP contribution in [-0.4, -0.2) is 24.0 Å². The minimum atomic E-state index is 0.307. The molecule has 0 radical (unpaired) electrons. The van der Waals surface area contributed by atoms with E-state index in [1.54, 1.807) is 0 Å². The van der Waals surface area contributed by atoms with E-state index in [0.717, 1.165) is 12.3 Å². The SMILES string of the molecule is CCCC1CCC(C#N)C(N2CCCCC2)C1. The van der Waals surface area contributed by atoms with Crippen molar-refractivity contribution in [2.45, 2.75) is 64.3 Å². The predicted octanol–water partition coefficient (Wildman–Crippen LogP) is 3.58. The highest BCUT2D eigenvalue weighted by Crippen LogP contribution is 2.35. The minimum Gasteiger partial charge on any atom is -0.299 e. The molecule has 1 saturated carbocycles. The maximum absolute atomic E-state index is 9.33. The molecular formula is C15H26N2. The fourth-order valence-electron chi connectivity index (χ4n) is 3.71. The van der Waals surface area contributed by atoms with E-state index < -0.39 is 0 Å². The quantitative estimate of drug-likeness (QED) is 0.746. The molecule has 0 aromatic rings. The smallest absolute Gasteiger partial charge is 0.0672 e. The Hall–Kier alpha value is -0.550. The highest BCUT2D eigenvalue weighted by molar-refractivity contribution is 4.98. The first-order chi connectivity index (χ1) is 8.35. The molecular weight excluding hydrogens is 208 g/mol. The number of hydrogen-bond donors (Lipinski definition) is 0. The van der Waals surface area contributed by atoms with E-state index >= 15 is 0 Å². The molecule has 3 unspecified atom stereocenters. The third-order valence-electron chi connectivity index (χ3n) is 4.65. The van der Waals surface area contributed by atoms with E-state index in [9.17, 15) is 5.26 Å². The Morgan fingerprint density at radius 1 is 1.18 bits per heavy atom. The Bertz CT molecular complexity index is 263. The van der Waals surface area contributed by atoms with Gasteiger partial charge in [-0.3, -0.25) is 4.90 Å². The number of rotatable bonds is 3. The molecule has 17 heavy (non-hydrogen) atoms. The van der Waals surface area contributed by atoms with Crippen LogP contribution < -0.4 is 0 Å². The van der Waals surface area contributed by atoms with E-state index in [0.29, 0.717) is 12.0 Å². The summed E-state index contributed by atoms with van der Waals surface area (Å²) < 4.78 is 0. The van der Waals surface area contributed by atoms with Gasteiger partial charge in [0, 0.05) is 6.04 Å². The van der Waals surface area contributed by atoms with Gasteiger partial charge >= 0.3 is 0 Å². The summed E-state index contributed by atoms with van der Waals surface area (Å²) in [4.78, 5) is 2.62. The number of nitriles is 1. The number of piperidine rings is 1. The van der Waals surface area contributed by atoms with Gasteiger partial charge in [0.25, 0.3) is 0 Å². The van der Waals surface area contributed by atoms with Crippen LogP contribution in [-0.2, 0) is 0 Å². The molecule has 2 heteroatoms. The van der Waals surface area contributed by atoms with Gasteiger partial charge in [0.2, 0.25) is 0 Å². The second-order valence-corrected chi connectivity index (χ2v) is 5.87. The van der Waals surface area contributed by atoms with Crippen LogP contribution in [0.4, 0.5) is 0 Å². The van der Waals surface area contributed by atoms with E-state index in [1.807, 2.05) is 0 Å². The maximum Gasteiger partial charge on any atom is 0.0672 e. The van der Waals surface area contributed by atoms with E-state index in [1.165, 1.54) is 58.0 Å². The molecule has 0 aromatic heterocycles. The van der Waals surface area contributed by atoms with Gasteiger partial charge < -0.3 is 0 Å². The first-order valence-corrected chi connectivity index (χ1v) is 7.48. The van der Waals surface area contributed by atoms with Gasteiger partial charge in [0.15, 0.2) is 0 Å². The van der Waals surface area contributed by atoms with Gasteiger partial charge in [0.1, 0.15) is 0 Å². The molecule has 1 aliphatic carbocycles. The molecule has 96 valence electrons. The standard InChI is InChI=1S/C15H26N2/c1-2-6-13-7-8-14(12-16)15(11-13)17-9-4-3-5-10-17/h13-15H,2-11H2,1H3. The lowest BCUT2D eigenvalue weighted by molar-refractivity contribution is 0.0809. The first kappa shape index (κ1) is 12.9. The van der Waals surface area contributed by atoms with E-state index in [4.69, 9.17) is 0 Å². The fraction of sp³-hybridized carbons (Fsp3) is 0.933. The second-order valence-electron chi connectivity index (χ2n) is 5.87. The summed E-state index contributed by atoms with van der Waals surface area (Å²) in [5.41, 5.74) is 0. The summed E-state index contributed by atoms with van der Waals surface area (Å²) in [6.07, 6.45) is 10.4. The van der Waals surface area contributed by atoms with Crippen molar-refractivity contribution in [3.05, 3.63) is 0 Å². The average molecular weight is 234 g/mol. The van der Waals surface area contributed by atoms with Crippen LogP contribution in [0.25, 0.3) is 0 Å². The Labute approximate surface area is 106 Å². The summed E-state index contributed by atoms with van der Waals surface area (Å²) in [5.74, 6) is 1.19. The zero-order valence-corrected chi connectivity index (χ0v) is 11.2. The van der Waals surface area contributed by atoms with Crippen LogP contribution in [0, 0.1) is 23.2 Å². The van der Waals surface area contributed by atoms with Crippen LogP contribution in [0.1, 0.15) is 58.3 Å². The lowest BCUT2D eigenvalue weighted by Crippen LogP contribution is -2.46. The molecule has 1 aliphatic heterocycles. The van der Waals surface area contributed by atoms with Crippen molar-refractivity contribution in [2.24, 2.45) is 11.8 Å². The van der Waals surface area contributed by atoms with E-state index in [-0.39, 0.29) is 0 Å². The van der Waals surface area contributed by atoms with Crippen molar-refractivity contribution in [3.63, 3.8) is 0 Å². The first-order valence-electron chi connectivity index (χ1n) is 7.48. The van der Waals surface area contributed by atoms with Crippen molar-refractivity contribution < 1.29 is 0 Å². The third-order valence-corrected chi connectivity index (χ3v) is 4.65. The zero-order valence-electron chi connectivity index (χ0n) is 11.2. The molecule has 0 amide bonds. The third kappa shape index (κ3) is 3.22. The molecule has 0 N–H and O–H groups in total. The lowest BCUT2D eigenvalue weighted by Gasteiger charge is -2.42. The number of nitrogens with zero attached hydrogens (tertiary/aromatic N) is 2. The van der Waals surface area contributed by atoms with Gasteiger partial charge in [0.05, 0.1) is 12.0 Å². The van der Waals surface area contributed by atoms with Gasteiger partial charge in [-0.15, -0.1) is 0 Å². The molecule has 0 spiro atoms. The summed E-state index contributed by atoms with van der Waals surface area (Å²) in [7, 11) is 0. The van der Waals surface area contributed by atoms with Crippen molar-refractivity contribution >= 4 is 0 Å². The number of hydrogen-bond acceptors (Lipinski definition) is 2. The van der Waals surface area contributed by atoms with E-state index in [2.05, 4.69) is 17.9 Å². The highest BCUT2D eigenvalue weighted by atomic mass is 15.2. The minimum absolute atomic E-state index is 0.307. The molecule has 1 saturated heterocycles. The summed E-state index contributed by atoms with van der Waals surface area (Å²) >= 11 is 0. The Morgan fingerprint density at radius 3 is 2.59 bits per heavy atom. The normalized spacial score (nSPS) is 35.4. The number of likely N-dealkylation sites (tertiary alicyclic amines) is 1. The summed E-state index contributed by atoms with van der Waals surface area (Å²) in [5, 5.41) is 9.33. The van der Waals surface area contributed by atoms with Crippen molar-refractivity contribution in [2.75, 3.05) is 13.1 Å². The monoisotopic (exact) mass is 234 g/mol. The van der Waals surface area contributed by atoms with Crippen LogP contribution in [0.15, 0.2) is 0 Å². The maximum atomic E-state index is 9.33. The van der Waals surface area contributed by atoms with Crippen LogP contribution in [0.3, 0.4) is 0 Å². The Morgan fingerprint density at radius 2 is 1.94 bits per heavy atom. The van der Waals surface area contributed by atoms with Crippen molar-refractivity contribution in [3.8, 4) is 6.07 Å². The van der Waals surface area contributed by atoms with Crippen LogP contribution >= 0.6 is 0 Å². The predicted molar refractivity (Wildman–Crippen MR) is 70.6 cm³/mol. The van der Waals surface area contributed by atoms with Crippen LogP contribution in [0.2, 0.25) is 0 Å². The van der Waals surface area contributed by atoms with Gasteiger partial charge in [-0.2, -0.15) is 5.26 Å². The molecule has 0 aromatic carbocycles. The van der Waals surface area contributed by atoms with Crippen LogP contribution in [0.5, 0.6) is 0 Å². The molecule has 1 heterocycles. The Kier molecular flexibility index (Phi) is 4.86. The summed E-state index contributed by atoms with van der Waals surface area (Å²) in [6, 6.07) is 3.15. The molecule has 0 bridgehead atoms. The lowest BCUT2D eigenvalue weighted by atomic mass is 9.76. The topological polar surface area (TPSA) is 27.0 Å². The molecule has 3 atom stereocenters. The summed E-state index contributed by atoms with van der Waals surface area (Å²) in [6.45, 7) is 4.76. The van der Waals surface area contributed by atoms with Crippen molar-refractivity contribution in [1.82, 2.24) is 4.90 Å².